The van der Waals surface area contributed by atoms with Crippen molar-refractivity contribution >= 4 is 11.8 Å². The van der Waals surface area contributed by atoms with Crippen LogP contribution in [-0.2, 0) is 22.4 Å². The van der Waals surface area contributed by atoms with Crippen LogP contribution in [0.2, 0.25) is 0 Å². The number of hydrogen-bond donors (Lipinski definition) is 5. The third kappa shape index (κ3) is 5.96. The van der Waals surface area contributed by atoms with Crippen molar-refractivity contribution in [2.24, 2.45) is 11.8 Å². The van der Waals surface area contributed by atoms with Gasteiger partial charge in [0.25, 0.3) is 0 Å². The first-order chi connectivity index (χ1) is 14.0. The van der Waals surface area contributed by atoms with E-state index in [9.17, 15) is 19.8 Å². The third-order valence-corrected chi connectivity index (χ3v) is 5.19. The number of benzene rings is 2. The molecule has 1 fully saturated rings. The van der Waals surface area contributed by atoms with Gasteiger partial charge in [0.05, 0.1) is 11.8 Å². The molecule has 2 atom stereocenters. The zero-order valence-corrected chi connectivity index (χ0v) is 16.2. The Kier molecular flexibility index (Phi) is 7.08. The predicted molar refractivity (Wildman–Crippen MR) is 109 cm³/mol. The van der Waals surface area contributed by atoms with Crippen LogP contribution in [0.3, 0.4) is 0 Å². The van der Waals surface area contributed by atoms with Gasteiger partial charge in [0, 0.05) is 26.2 Å². The molecule has 0 spiro atoms. The van der Waals surface area contributed by atoms with Gasteiger partial charge in [-0.1, -0.05) is 24.3 Å². The maximum atomic E-state index is 12.5. The average molecular weight is 397 g/mol. The number of phenolic OH excluding ortho intramolecular Hbond substituents is 2. The number of carbonyl (C=O) groups is 2. The molecule has 7 nitrogen and oxygen atoms in total. The molecule has 1 heterocycles. The molecule has 2 unspecified atom stereocenters. The standard InChI is InChI=1S/C22H27N3O4/c26-17-5-1-15(2-6-17)9-11-24-21(28)19-13-23-14-20(19)22(29)25-12-10-16-3-7-18(27)8-4-16/h1-8,19-20,23,26-27H,9-14H2,(H,24,28)(H,25,29). The highest BCUT2D eigenvalue weighted by molar-refractivity contribution is 5.88. The van der Waals surface area contributed by atoms with E-state index in [0.717, 1.165) is 11.1 Å². The lowest BCUT2D eigenvalue weighted by Crippen LogP contribution is -2.42. The topological polar surface area (TPSA) is 111 Å². The number of nitrogens with one attached hydrogen (secondary N) is 3. The van der Waals surface area contributed by atoms with E-state index in [4.69, 9.17) is 0 Å². The van der Waals surface area contributed by atoms with Gasteiger partial charge in [0.15, 0.2) is 0 Å². The van der Waals surface area contributed by atoms with Crippen molar-refractivity contribution in [2.45, 2.75) is 12.8 Å². The lowest BCUT2D eigenvalue weighted by molar-refractivity contribution is -0.132. The van der Waals surface area contributed by atoms with Crippen molar-refractivity contribution in [3.8, 4) is 11.5 Å². The molecule has 2 aromatic rings. The van der Waals surface area contributed by atoms with Crippen molar-refractivity contribution in [2.75, 3.05) is 26.2 Å². The molecule has 0 aliphatic carbocycles. The summed E-state index contributed by atoms with van der Waals surface area (Å²) in [4.78, 5) is 25.1. The molecule has 5 N–H and O–H groups in total. The molecule has 0 bridgehead atoms. The second-order valence-corrected chi connectivity index (χ2v) is 7.29. The van der Waals surface area contributed by atoms with E-state index in [1.165, 1.54) is 0 Å². The first kappa shape index (κ1) is 20.7. The predicted octanol–water partition coefficient (Wildman–Crippen LogP) is 0.951. The Labute approximate surface area is 170 Å². The van der Waals surface area contributed by atoms with Crippen LogP contribution < -0.4 is 16.0 Å². The van der Waals surface area contributed by atoms with E-state index in [1.807, 2.05) is 24.3 Å². The smallest absolute Gasteiger partial charge is 0.225 e. The second-order valence-electron chi connectivity index (χ2n) is 7.29. The molecule has 2 amide bonds. The number of phenols is 2. The summed E-state index contributed by atoms with van der Waals surface area (Å²) in [5.41, 5.74) is 2.05. The minimum atomic E-state index is -0.386. The molecular weight excluding hydrogens is 370 g/mol. The fourth-order valence-electron chi connectivity index (χ4n) is 3.48. The van der Waals surface area contributed by atoms with Gasteiger partial charge in [-0.15, -0.1) is 0 Å². The van der Waals surface area contributed by atoms with Gasteiger partial charge in [0.2, 0.25) is 11.8 Å². The van der Waals surface area contributed by atoms with Gasteiger partial charge in [-0.05, 0) is 48.2 Å². The van der Waals surface area contributed by atoms with Crippen LogP contribution in [0.4, 0.5) is 0 Å². The molecule has 0 saturated carbocycles. The maximum Gasteiger partial charge on any atom is 0.225 e. The number of carbonyl (C=O) groups excluding carboxylic acids is 2. The SMILES string of the molecule is O=C(NCCc1ccc(O)cc1)C1CNCC1C(=O)NCCc1ccc(O)cc1. The molecular formula is C22H27N3O4. The molecule has 1 aliphatic heterocycles. The van der Waals surface area contributed by atoms with Gasteiger partial charge in [-0.3, -0.25) is 9.59 Å². The average Bonchev–Trinajstić information content (AvgIpc) is 3.21. The van der Waals surface area contributed by atoms with E-state index in [0.29, 0.717) is 39.0 Å². The fraction of sp³-hybridized carbons (Fsp3) is 0.364. The molecule has 154 valence electrons. The van der Waals surface area contributed by atoms with Gasteiger partial charge in [-0.2, -0.15) is 0 Å². The van der Waals surface area contributed by atoms with Crippen molar-refractivity contribution < 1.29 is 19.8 Å². The second kappa shape index (κ2) is 9.93. The van der Waals surface area contributed by atoms with Crippen molar-refractivity contribution in [3.63, 3.8) is 0 Å². The Balaban J connectivity index is 1.42. The molecule has 1 saturated heterocycles. The number of rotatable bonds is 8. The van der Waals surface area contributed by atoms with Gasteiger partial charge >= 0.3 is 0 Å². The van der Waals surface area contributed by atoms with E-state index in [-0.39, 0.29) is 35.1 Å². The molecule has 3 rings (SSSR count). The normalized spacial score (nSPS) is 18.3. The highest BCUT2D eigenvalue weighted by atomic mass is 16.3. The summed E-state index contributed by atoms with van der Waals surface area (Å²) in [5, 5.41) is 27.6. The quantitative estimate of drug-likeness (QED) is 0.456. The molecule has 7 heteroatoms. The molecule has 2 aromatic carbocycles. The van der Waals surface area contributed by atoms with Crippen LogP contribution in [0.5, 0.6) is 11.5 Å². The van der Waals surface area contributed by atoms with Gasteiger partial charge < -0.3 is 26.2 Å². The first-order valence-electron chi connectivity index (χ1n) is 9.85. The van der Waals surface area contributed by atoms with E-state index >= 15 is 0 Å². The molecule has 0 aromatic heterocycles. The van der Waals surface area contributed by atoms with Crippen molar-refractivity contribution in [3.05, 3.63) is 59.7 Å². The van der Waals surface area contributed by atoms with Crippen LogP contribution in [0, 0.1) is 11.8 Å². The molecule has 29 heavy (non-hydrogen) atoms. The van der Waals surface area contributed by atoms with Crippen molar-refractivity contribution in [1.82, 2.24) is 16.0 Å². The van der Waals surface area contributed by atoms with Crippen LogP contribution in [-0.4, -0.2) is 48.2 Å². The number of hydrogen-bond acceptors (Lipinski definition) is 5. The Morgan fingerprint density at radius 1 is 0.759 bits per heavy atom. The van der Waals surface area contributed by atoms with E-state index in [1.54, 1.807) is 24.3 Å². The van der Waals surface area contributed by atoms with E-state index < -0.39 is 0 Å². The summed E-state index contributed by atoms with van der Waals surface area (Å²) >= 11 is 0. The monoisotopic (exact) mass is 397 g/mol. The minimum absolute atomic E-state index is 0.118. The summed E-state index contributed by atoms with van der Waals surface area (Å²) in [6, 6.07) is 13.8. The Morgan fingerprint density at radius 2 is 1.14 bits per heavy atom. The fourth-order valence-corrected chi connectivity index (χ4v) is 3.48. The number of aromatic hydroxyl groups is 2. The van der Waals surface area contributed by atoms with Crippen molar-refractivity contribution in [1.29, 1.82) is 0 Å². The largest absolute Gasteiger partial charge is 0.508 e. The highest BCUT2D eigenvalue weighted by Crippen LogP contribution is 2.18. The Bertz CT molecular complexity index is 751. The zero-order valence-electron chi connectivity index (χ0n) is 16.2. The van der Waals surface area contributed by atoms with E-state index in [2.05, 4.69) is 16.0 Å². The highest BCUT2D eigenvalue weighted by Gasteiger charge is 2.37. The summed E-state index contributed by atoms with van der Waals surface area (Å²) < 4.78 is 0. The summed E-state index contributed by atoms with van der Waals surface area (Å²) in [5.74, 6) is -0.574. The zero-order chi connectivity index (χ0) is 20.6. The lowest BCUT2D eigenvalue weighted by atomic mass is 9.94. The molecule has 1 aliphatic rings. The lowest BCUT2D eigenvalue weighted by Gasteiger charge is -2.18. The van der Waals surface area contributed by atoms with Crippen LogP contribution in [0.15, 0.2) is 48.5 Å². The summed E-state index contributed by atoms with van der Waals surface area (Å²) in [7, 11) is 0. The van der Waals surface area contributed by atoms with Crippen LogP contribution >= 0.6 is 0 Å². The Morgan fingerprint density at radius 3 is 1.52 bits per heavy atom. The van der Waals surface area contributed by atoms with Gasteiger partial charge in [0.1, 0.15) is 11.5 Å². The van der Waals surface area contributed by atoms with Gasteiger partial charge in [-0.25, -0.2) is 0 Å². The first-order valence-corrected chi connectivity index (χ1v) is 9.85. The molecule has 0 radical (unpaired) electrons. The van der Waals surface area contributed by atoms with Crippen LogP contribution in [0.25, 0.3) is 0 Å². The maximum absolute atomic E-state index is 12.5. The summed E-state index contributed by atoms with van der Waals surface area (Å²) in [6.07, 6.45) is 1.32. The summed E-state index contributed by atoms with van der Waals surface area (Å²) in [6.45, 7) is 1.94. The third-order valence-electron chi connectivity index (χ3n) is 5.19. The Hall–Kier alpha value is -3.06. The minimum Gasteiger partial charge on any atom is -0.508 e. The number of amides is 2. The van der Waals surface area contributed by atoms with Crippen LogP contribution in [0.1, 0.15) is 11.1 Å².